The molecule has 2 aromatic carbocycles. The van der Waals surface area contributed by atoms with E-state index in [0.29, 0.717) is 16.9 Å². The Morgan fingerprint density at radius 1 is 1.10 bits per heavy atom. The van der Waals surface area contributed by atoms with Crippen molar-refractivity contribution in [2.24, 2.45) is 0 Å². The van der Waals surface area contributed by atoms with Crippen molar-refractivity contribution in [2.45, 2.75) is 13.3 Å². The fourth-order valence-corrected chi connectivity index (χ4v) is 2.39. The molecule has 4 nitrogen and oxygen atoms in total. The SMILES string of the molecule is Cc1ccc(N2C(=O)Cc3ccccc3C2=O)cc1N. The molecule has 0 atom stereocenters. The standard InChI is InChI=1S/C16H14N2O2/c1-10-6-7-12(9-14(10)17)18-15(19)8-11-4-2-3-5-13(11)16(18)20/h2-7,9H,8,17H2,1H3. The zero-order valence-corrected chi connectivity index (χ0v) is 11.1. The fourth-order valence-electron chi connectivity index (χ4n) is 2.39. The van der Waals surface area contributed by atoms with Gasteiger partial charge in [-0.05, 0) is 36.2 Å². The molecule has 0 spiro atoms. The molecule has 2 amide bonds. The summed E-state index contributed by atoms with van der Waals surface area (Å²) in [5.74, 6) is -0.517. The third-order valence-electron chi connectivity index (χ3n) is 3.56. The van der Waals surface area contributed by atoms with Crippen LogP contribution in [0.25, 0.3) is 0 Å². The molecule has 2 aromatic rings. The highest BCUT2D eigenvalue weighted by Gasteiger charge is 2.31. The van der Waals surface area contributed by atoms with E-state index in [1.807, 2.05) is 25.1 Å². The van der Waals surface area contributed by atoms with E-state index in [-0.39, 0.29) is 18.2 Å². The largest absolute Gasteiger partial charge is 0.398 e. The molecule has 0 radical (unpaired) electrons. The van der Waals surface area contributed by atoms with Gasteiger partial charge in [-0.15, -0.1) is 0 Å². The van der Waals surface area contributed by atoms with Crippen LogP contribution in [0.4, 0.5) is 11.4 Å². The third kappa shape index (κ3) is 1.86. The number of nitrogens with two attached hydrogens (primary N) is 1. The van der Waals surface area contributed by atoms with Crippen LogP contribution in [-0.2, 0) is 11.2 Å². The predicted octanol–water partition coefficient (Wildman–Crippen LogP) is 2.31. The first kappa shape index (κ1) is 12.4. The van der Waals surface area contributed by atoms with Gasteiger partial charge in [0.25, 0.3) is 5.91 Å². The molecular weight excluding hydrogens is 252 g/mol. The minimum Gasteiger partial charge on any atom is -0.398 e. The van der Waals surface area contributed by atoms with Crippen LogP contribution in [0.15, 0.2) is 42.5 Å². The number of carbonyl (C=O) groups is 2. The molecule has 3 rings (SSSR count). The lowest BCUT2D eigenvalue weighted by Crippen LogP contribution is -2.42. The van der Waals surface area contributed by atoms with E-state index in [4.69, 9.17) is 5.73 Å². The van der Waals surface area contributed by atoms with Gasteiger partial charge in [0.1, 0.15) is 0 Å². The van der Waals surface area contributed by atoms with Crippen LogP contribution in [0, 0.1) is 6.92 Å². The Hall–Kier alpha value is -2.62. The Kier molecular flexibility index (Phi) is 2.79. The van der Waals surface area contributed by atoms with Gasteiger partial charge in [0.2, 0.25) is 5.91 Å². The summed E-state index contributed by atoms with van der Waals surface area (Å²) in [5.41, 5.74) is 9.23. The average Bonchev–Trinajstić information content (AvgIpc) is 2.43. The number of rotatable bonds is 1. The summed E-state index contributed by atoms with van der Waals surface area (Å²) in [6.45, 7) is 1.88. The number of fused-ring (bicyclic) bond motifs is 1. The molecule has 0 unspecified atom stereocenters. The van der Waals surface area contributed by atoms with E-state index in [1.54, 1.807) is 24.3 Å². The van der Waals surface area contributed by atoms with E-state index >= 15 is 0 Å². The Bertz CT molecular complexity index is 722. The van der Waals surface area contributed by atoms with Crippen LogP contribution in [-0.4, -0.2) is 11.8 Å². The van der Waals surface area contributed by atoms with E-state index in [0.717, 1.165) is 11.1 Å². The summed E-state index contributed by atoms with van der Waals surface area (Å²) in [5, 5.41) is 0. The van der Waals surface area contributed by atoms with Gasteiger partial charge in [-0.1, -0.05) is 24.3 Å². The van der Waals surface area contributed by atoms with Crippen molar-refractivity contribution in [1.29, 1.82) is 0 Å². The molecule has 0 aliphatic carbocycles. The fraction of sp³-hybridized carbons (Fsp3) is 0.125. The summed E-state index contributed by atoms with van der Waals surface area (Å²) in [4.78, 5) is 25.9. The van der Waals surface area contributed by atoms with Gasteiger partial charge in [-0.25, -0.2) is 4.90 Å². The molecule has 100 valence electrons. The monoisotopic (exact) mass is 266 g/mol. The summed E-state index contributed by atoms with van der Waals surface area (Å²) < 4.78 is 0. The third-order valence-corrected chi connectivity index (χ3v) is 3.56. The molecule has 0 saturated heterocycles. The second kappa shape index (κ2) is 4.49. The van der Waals surface area contributed by atoms with Crippen LogP contribution in [0.2, 0.25) is 0 Å². The Labute approximate surface area is 116 Å². The van der Waals surface area contributed by atoms with E-state index in [1.165, 1.54) is 4.90 Å². The molecule has 0 fully saturated rings. The topological polar surface area (TPSA) is 63.4 Å². The minimum absolute atomic E-state index is 0.225. The quantitative estimate of drug-likeness (QED) is 0.636. The van der Waals surface area contributed by atoms with Crippen molar-refractivity contribution < 1.29 is 9.59 Å². The van der Waals surface area contributed by atoms with Gasteiger partial charge >= 0.3 is 0 Å². The molecule has 4 heteroatoms. The molecule has 0 bridgehead atoms. The predicted molar refractivity (Wildman–Crippen MR) is 77.6 cm³/mol. The second-order valence-electron chi connectivity index (χ2n) is 4.91. The number of nitrogens with zero attached hydrogens (tertiary/aromatic N) is 1. The summed E-state index contributed by atoms with van der Waals surface area (Å²) in [7, 11) is 0. The highest BCUT2D eigenvalue weighted by molar-refractivity contribution is 6.24. The first-order chi connectivity index (χ1) is 9.58. The van der Waals surface area contributed by atoms with Crippen LogP contribution < -0.4 is 10.6 Å². The number of amides is 2. The van der Waals surface area contributed by atoms with Gasteiger partial charge in [0.05, 0.1) is 12.1 Å². The van der Waals surface area contributed by atoms with Crippen molar-refractivity contribution in [3.05, 3.63) is 59.2 Å². The van der Waals surface area contributed by atoms with Gasteiger partial charge in [0.15, 0.2) is 0 Å². The molecule has 1 aliphatic rings. The maximum Gasteiger partial charge on any atom is 0.265 e. The summed E-state index contributed by atoms with van der Waals surface area (Å²) in [6.07, 6.45) is 0.232. The lowest BCUT2D eigenvalue weighted by atomic mass is 9.98. The molecule has 20 heavy (non-hydrogen) atoms. The zero-order valence-electron chi connectivity index (χ0n) is 11.1. The smallest absolute Gasteiger partial charge is 0.265 e. The van der Waals surface area contributed by atoms with Crippen molar-refractivity contribution in [3.63, 3.8) is 0 Å². The van der Waals surface area contributed by atoms with Crippen LogP contribution in [0.1, 0.15) is 21.5 Å². The number of benzene rings is 2. The number of nitrogen functional groups attached to an aromatic ring is 1. The van der Waals surface area contributed by atoms with E-state index in [2.05, 4.69) is 0 Å². The Morgan fingerprint density at radius 2 is 1.85 bits per heavy atom. The maximum absolute atomic E-state index is 12.5. The van der Waals surface area contributed by atoms with Gasteiger partial charge in [-0.3, -0.25) is 9.59 Å². The number of hydrogen-bond donors (Lipinski definition) is 1. The van der Waals surface area contributed by atoms with Crippen molar-refractivity contribution >= 4 is 23.2 Å². The molecule has 2 N–H and O–H groups in total. The van der Waals surface area contributed by atoms with Crippen molar-refractivity contribution in [2.75, 3.05) is 10.6 Å². The first-order valence-corrected chi connectivity index (χ1v) is 6.39. The Balaban J connectivity index is 2.08. The number of anilines is 2. The highest BCUT2D eigenvalue weighted by atomic mass is 16.2. The first-order valence-electron chi connectivity index (χ1n) is 6.39. The van der Waals surface area contributed by atoms with Crippen LogP contribution in [0.5, 0.6) is 0 Å². The van der Waals surface area contributed by atoms with Gasteiger partial charge in [-0.2, -0.15) is 0 Å². The van der Waals surface area contributed by atoms with Crippen molar-refractivity contribution in [1.82, 2.24) is 0 Å². The van der Waals surface area contributed by atoms with E-state index < -0.39 is 0 Å². The molecule has 0 aromatic heterocycles. The average molecular weight is 266 g/mol. The lowest BCUT2D eigenvalue weighted by Gasteiger charge is -2.27. The molecule has 0 saturated carbocycles. The number of aryl methyl sites for hydroxylation is 1. The van der Waals surface area contributed by atoms with Gasteiger partial charge in [0, 0.05) is 11.3 Å². The summed E-state index contributed by atoms with van der Waals surface area (Å²) in [6, 6.07) is 12.4. The number of carbonyl (C=O) groups excluding carboxylic acids is 2. The van der Waals surface area contributed by atoms with E-state index in [9.17, 15) is 9.59 Å². The second-order valence-corrected chi connectivity index (χ2v) is 4.91. The zero-order chi connectivity index (χ0) is 14.3. The maximum atomic E-state index is 12.5. The molecule has 1 aliphatic heterocycles. The Morgan fingerprint density at radius 3 is 2.60 bits per heavy atom. The van der Waals surface area contributed by atoms with Crippen LogP contribution >= 0.6 is 0 Å². The summed E-state index contributed by atoms with van der Waals surface area (Å²) >= 11 is 0. The van der Waals surface area contributed by atoms with Gasteiger partial charge < -0.3 is 5.73 Å². The number of imide groups is 1. The number of hydrogen-bond acceptors (Lipinski definition) is 3. The lowest BCUT2D eigenvalue weighted by molar-refractivity contribution is -0.117. The minimum atomic E-state index is -0.292. The van der Waals surface area contributed by atoms with Crippen LogP contribution in [0.3, 0.4) is 0 Å². The normalized spacial score (nSPS) is 14.3. The molecule has 1 heterocycles. The highest BCUT2D eigenvalue weighted by Crippen LogP contribution is 2.27. The van der Waals surface area contributed by atoms with Crippen molar-refractivity contribution in [3.8, 4) is 0 Å². The molecular formula is C16H14N2O2.